The van der Waals surface area contributed by atoms with Crippen molar-refractivity contribution in [3.05, 3.63) is 18.0 Å². The number of aromatic nitrogens is 1. The van der Waals surface area contributed by atoms with E-state index in [0.717, 1.165) is 5.56 Å². The van der Waals surface area contributed by atoms with Crippen molar-refractivity contribution in [1.82, 2.24) is 5.16 Å². The van der Waals surface area contributed by atoms with Crippen LogP contribution >= 0.6 is 11.8 Å². The molecular weight excluding hydrogens is 178 g/mol. The normalized spacial score (nSPS) is 12.8. The molecule has 66 valence electrons. The Morgan fingerprint density at radius 2 is 2.67 bits per heavy atom. The molecule has 5 heteroatoms. The van der Waals surface area contributed by atoms with Crippen molar-refractivity contribution < 1.29 is 14.4 Å². The fourth-order valence-electron chi connectivity index (χ4n) is 0.590. The standard InChI is InChI=1S/C7H9NO3S/c1-5(7(9)10)12-4-6-2-8-11-3-6/h2-3,5H,4H2,1H3,(H,9,10). The lowest BCUT2D eigenvalue weighted by molar-refractivity contribution is -0.136. The van der Waals surface area contributed by atoms with Crippen molar-refractivity contribution in [1.29, 1.82) is 0 Å². The van der Waals surface area contributed by atoms with E-state index in [1.54, 1.807) is 13.1 Å². The van der Waals surface area contributed by atoms with Gasteiger partial charge >= 0.3 is 5.97 Å². The molecule has 0 saturated carbocycles. The highest BCUT2D eigenvalue weighted by molar-refractivity contribution is 7.99. The van der Waals surface area contributed by atoms with Crippen LogP contribution in [-0.2, 0) is 10.5 Å². The van der Waals surface area contributed by atoms with Crippen LogP contribution in [-0.4, -0.2) is 21.5 Å². The van der Waals surface area contributed by atoms with Crippen LogP contribution in [0.4, 0.5) is 0 Å². The summed E-state index contributed by atoms with van der Waals surface area (Å²) in [5.41, 5.74) is 0.910. The minimum absolute atomic E-state index is 0.389. The van der Waals surface area contributed by atoms with Crippen LogP contribution in [0.3, 0.4) is 0 Å². The van der Waals surface area contributed by atoms with Crippen LogP contribution in [0.15, 0.2) is 17.0 Å². The number of carboxylic acids is 1. The molecule has 0 spiro atoms. The molecule has 0 radical (unpaired) electrons. The van der Waals surface area contributed by atoms with Gasteiger partial charge < -0.3 is 9.63 Å². The monoisotopic (exact) mass is 187 g/mol. The maximum absolute atomic E-state index is 10.4. The first-order valence-electron chi connectivity index (χ1n) is 3.43. The molecular formula is C7H9NO3S. The third-order valence-corrected chi connectivity index (χ3v) is 2.53. The van der Waals surface area contributed by atoms with Gasteiger partial charge in [-0.25, -0.2) is 0 Å². The number of nitrogens with zero attached hydrogens (tertiary/aromatic N) is 1. The van der Waals surface area contributed by atoms with Gasteiger partial charge in [-0.05, 0) is 6.92 Å². The molecule has 0 aromatic carbocycles. The third-order valence-electron chi connectivity index (χ3n) is 1.33. The number of hydrogen-bond acceptors (Lipinski definition) is 4. The lowest BCUT2D eigenvalue weighted by Gasteiger charge is -2.02. The van der Waals surface area contributed by atoms with E-state index in [2.05, 4.69) is 9.68 Å². The second-order valence-corrected chi connectivity index (χ2v) is 3.65. The first-order valence-corrected chi connectivity index (χ1v) is 4.47. The van der Waals surface area contributed by atoms with Gasteiger partial charge in [-0.3, -0.25) is 4.79 Å². The first kappa shape index (κ1) is 9.12. The van der Waals surface area contributed by atoms with E-state index >= 15 is 0 Å². The molecule has 1 unspecified atom stereocenters. The van der Waals surface area contributed by atoms with Gasteiger partial charge in [0.05, 0.1) is 11.4 Å². The van der Waals surface area contributed by atoms with Gasteiger partial charge in [0.2, 0.25) is 0 Å². The zero-order valence-corrected chi connectivity index (χ0v) is 7.37. The number of hydrogen-bond donors (Lipinski definition) is 1. The van der Waals surface area contributed by atoms with E-state index in [1.165, 1.54) is 18.0 Å². The summed E-state index contributed by atoms with van der Waals surface area (Å²) in [5, 5.41) is 11.7. The van der Waals surface area contributed by atoms with Gasteiger partial charge in [-0.15, -0.1) is 11.8 Å². The van der Waals surface area contributed by atoms with Crippen LogP contribution in [0.2, 0.25) is 0 Å². The minimum atomic E-state index is -0.795. The highest BCUT2D eigenvalue weighted by Gasteiger charge is 2.11. The van der Waals surface area contributed by atoms with Gasteiger partial charge in [0, 0.05) is 11.3 Å². The Bertz CT molecular complexity index is 247. The molecule has 1 N–H and O–H groups in total. The molecule has 1 aromatic rings. The summed E-state index contributed by atoms with van der Waals surface area (Å²) in [6, 6.07) is 0. The average Bonchev–Trinajstić information content (AvgIpc) is 2.51. The van der Waals surface area contributed by atoms with Crippen LogP contribution in [0.5, 0.6) is 0 Å². The van der Waals surface area contributed by atoms with Gasteiger partial charge in [0.1, 0.15) is 6.26 Å². The minimum Gasteiger partial charge on any atom is -0.480 e. The molecule has 12 heavy (non-hydrogen) atoms. The quantitative estimate of drug-likeness (QED) is 0.771. The molecule has 0 bridgehead atoms. The molecule has 1 atom stereocenters. The molecule has 0 saturated heterocycles. The molecule has 1 heterocycles. The summed E-state index contributed by atoms with van der Waals surface area (Å²) in [6.45, 7) is 1.65. The fraction of sp³-hybridized carbons (Fsp3) is 0.429. The maximum Gasteiger partial charge on any atom is 0.316 e. The van der Waals surface area contributed by atoms with Crippen LogP contribution in [0, 0.1) is 0 Å². The Balaban J connectivity index is 2.31. The van der Waals surface area contributed by atoms with Crippen molar-refractivity contribution in [2.24, 2.45) is 0 Å². The second-order valence-electron chi connectivity index (χ2n) is 2.32. The van der Waals surface area contributed by atoms with Gasteiger partial charge in [0.15, 0.2) is 0 Å². The predicted molar refractivity (Wildman–Crippen MR) is 44.9 cm³/mol. The summed E-state index contributed by atoms with van der Waals surface area (Å²) in [6.07, 6.45) is 3.10. The smallest absolute Gasteiger partial charge is 0.316 e. The van der Waals surface area contributed by atoms with Gasteiger partial charge in [-0.1, -0.05) is 5.16 Å². The Morgan fingerprint density at radius 3 is 3.17 bits per heavy atom. The SMILES string of the molecule is CC(SCc1cnoc1)C(=O)O. The number of carboxylic acid groups (broad SMARTS) is 1. The van der Waals surface area contributed by atoms with E-state index < -0.39 is 5.97 Å². The number of aliphatic carboxylic acids is 1. The Kier molecular flexibility index (Phi) is 3.16. The van der Waals surface area contributed by atoms with E-state index in [4.69, 9.17) is 5.11 Å². The van der Waals surface area contributed by atoms with Crippen LogP contribution in [0.25, 0.3) is 0 Å². The lowest BCUT2D eigenvalue weighted by Crippen LogP contribution is -2.11. The zero-order chi connectivity index (χ0) is 8.97. The van der Waals surface area contributed by atoms with E-state index in [0.29, 0.717) is 5.75 Å². The molecule has 4 nitrogen and oxygen atoms in total. The first-order chi connectivity index (χ1) is 5.70. The predicted octanol–water partition coefficient (Wildman–Crippen LogP) is 1.38. The zero-order valence-electron chi connectivity index (χ0n) is 6.56. The Labute approximate surface area is 73.9 Å². The van der Waals surface area contributed by atoms with E-state index in [-0.39, 0.29) is 5.25 Å². The van der Waals surface area contributed by atoms with Gasteiger partial charge in [-0.2, -0.15) is 0 Å². The molecule has 0 aliphatic rings. The van der Waals surface area contributed by atoms with Crippen LogP contribution in [0.1, 0.15) is 12.5 Å². The molecule has 0 aliphatic heterocycles. The van der Waals surface area contributed by atoms with E-state index in [9.17, 15) is 4.79 Å². The summed E-state index contributed by atoms with van der Waals surface area (Å²) < 4.78 is 4.60. The van der Waals surface area contributed by atoms with Crippen molar-refractivity contribution in [2.75, 3.05) is 0 Å². The van der Waals surface area contributed by atoms with E-state index in [1.807, 2.05) is 0 Å². The summed E-state index contributed by atoms with van der Waals surface area (Å²) >= 11 is 1.34. The van der Waals surface area contributed by atoms with Crippen LogP contribution < -0.4 is 0 Å². The topological polar surface area (TPSA) is 63.3 Å². The number of carbonyl (C=O) groups is 1. The second kappa shape index (κ2) is 4.15. The van der Waals surface area contributed by atoms with Crippen molar-refractivity contribution in [2.45, 2.75) is 17.9 Å². The molecule has 0 aliphatic carbocycles. The average molecular weight is 187 g/mol. The van der Waals surface area contributed by atoms with Crippen molar-refractivity contribution >= 4 is 17.7 Å². The lowest BCUT2D eigenvalue weighted by atomic mass is 10.4. The summed E-state index contributed by atoms with van der Waals surface area (Å²) in [4.78, 5) is 10.4. The number of rotatable bonds is 4. The Morgan fingerprint density at radius 1 is 1.92 bits per heavy atom. The number of thioether (sulfide) groups is 1. The van der Waals surface area contributed by atoms with Gasteiger partial charge in [0.25, 0.3) is 0 Å². The maximum atomic E-state index is 10.4. The molecule has 1 rings (SSSR count). The summed E-state index contributed by atoms with van der Waals surface area (Å²) in [7, 11) is 0. The largest absolute Gasteiger partial charge is 0.480 e. The molecule has 0 fully saturated rings. The third kappa shape index (κ3) is 2.58. The highest BCUT2D eigenvalue weighted by atomic mass is 32.2. The fourth-order valence-corrected chi connectivity index (χ4v) is 1.32. The van der Waals surface area contributed by atoms with Crippen molar-refractivity contribution in [3.63, 3.8) is 0 Å². The van der Waals surface area contributed by atoms with Crippen molar-refractivity contribution in [3.8, 4) is 0 Å². The molecule has 0 amide bonds. The summed E-state index contributed by atoms with van der Waals surface area (Å²) in [5.74, 6) is -0.173. The highest BCUT2D eigenvalue weighted by Crippen LogP contribution is 2.16. The Hall–Kier alpha value is -0.970. The molecule has 1 aromatic heterocycles.